The zero-order valence-corrected chi connectivity index (χ0v) is 14.1. The Balaban J connectivity index is 1.54. The van der Waals surface area contributed by atoms with Gasteiger partial charge in [-0.2, -0.15) is 4.98 Å². The van der Waals surface area contributed by atoms with Crippen molar-refractivity contribution in [2.75, 3.05) is 30.3 Å². The van der Waals surface area contributed by atoms with Crippen LogP contribution in [-0.4, -0.2) is 34.8 Å². The van der Waals surface area contributed by atoms with Crippen LogP contribution in [0.25, 0.3) is 0 Å². The number of nitrogen functional groups attached to an aromatic ring is 1. The molecule has 2 aromatic rings. The maximum Gasteiger partial charge on any atom is 0.227 e. The lowest BCUT2D eigenvalue weighted by Gasteiger charge is -2.41. The van der Waals surface area contributed by atoms with E-state index in [0.717, 1.165) is 45.2 Å². The molecule has 1 saturated heterocycles. The van der Waals surface area contributed by atoms with E-state index in [4.69, 9.17) is 5.73 Å². The highest BCUT2D eigenvalue weighted by Crippen LogP contribution is 2.37. The first-order valence-electron chi connectivity index (χ1n) is 8.69. The second-order valence-electron chi connectivity index (χ2n) is 6.77. The Kier molecular flexibility index (Phi) is 5.30. The van der Waals surface area contributed by atoms with Crippen molar-refractivity contribution in [3.8, 4) is 0 Å². The second-order valence-corrected chi connectivity index (χ2v) is 6.77. The Labute approximate surface area is 143 Å². The Morgan fingerprint density at radius 3 is 2.54 bits per heavy atom. The molecule has 0 atom stereocenters. The van der Waals surface area contributed by atoms with Crippen molar-refractivity contribution in [2.24, 2.45) is 5.41 Å². The van der Waals surface area contributed by atoms with Crippen LogP contribution in [0, 0.1) is 5.41 Å². The highest BCUT2D eigenvalue weighted by Gasteiger charge is 2.34. The summed E-state index contributed by atoms with van der Waals surface area (Å²) < 4.78 is 0. The first-order chi connectivity index (χ1) is 11.7. The van der Waals surface area contributed by atoms with E-state index in [1.54, 1.807) is 12.3 Å². The van der Waals surface area contributed by atoms with Crippen molar-refractivity contribution < 1.29 is 5.11 Å². The molecule has 5 heteroatoms. The molecule has 128 valence electrons. The molecule has 1 aliphatic heterocycles. The van der Waals surface area contributed by atoms with E-state index < -0.39 is 0 Å². The van der Waals surface area contributed by atoms with Crippen LogP contribution in [0.2, 0.25) is 0 Å². The molecule has 0 spiro atoms. The van der Waals surface area contributed by atoms with Gasteiger partial charge >= 0.3 is 0 Å². The lowest BCUT2D eigenvalue weighted by atomic mass is 9.75. The predicted octanol–water partition coefficient (Wildman–Crippen LogP) is 2.66. The van der Waals surface area contributed by atoms with Crippen LogP contribution in [0.3, 0.4) is 0 Å². The van der Waals surface area contributed by atoms with Crippen molar-refractivity contribution in [1.29, 1.82) is 0 Å². The fourth-order valence-corrected chi connectivity index (χ4v) is 3.49. The quantitative estimate of drug-likeness (QED) is 0.853. The maximum atomic E-state index is 9.97. The summed E-state index contributed by atoms with van der Waals surface area (Å²) in [6, 6.07) is 12.3. The van der Waals surface area contributed by atoms with Gasteiger partial charge in [0.05, 0.1) is 0 Å². The third-order valence-corrected chi connectivity index (χ3v) is 5.12. The average molecular weight is 326 g/mol. The summed E-state index contributed by atoms with van der Waals surface area (Å²) in [6.07, 6.45) is 6.88. The molecule has 1 aromatic heterocycles. The van der Waals surface area contributed by atoms with E-state index in [0.29, 0.717) is 11.8 Å². The van der Waals surface area contributed by atoms with Crippen LogP contribution in [0.4, 0.5) is 11.8 Å². The number of nitrogens with zero attached hydrogens (tertiary/aromatic N) is 3. The smallest absolute Gasteiger partial charge is 0.227 e. The molecule has 1 aliphatic rings. The number of aromatic nitrogens is 2. The molecule has 0 saturated carbocycles. The van der Waals surface area contributed by atoms with Gasteiger partial charge in [0, 0.05) is 25.9 Å². The molecular weight excluding hydrogens is 300 g/mol. The number of anilines is 2. The van der Waals surface area contributed by atoms with Crippen LogP contribution in [0.1, 0.15) is 31.2 Å². The van der Waals surface area contributed by atoms with Crippen LogP contribution >= 0.6 is 0 Å². The molecule has 0 aliphatic carbocycles. The van der Waals surface area contributed by atoms with Gasteiger partial charge in [0.25, 0.3) is 0 Å². The Bertz CT molecular complexity index is 639. The molecule has 1 aromatic carbocycles. The fraction of sp³-hybridized carbons (Fsp3) is 0.474. The summed E-state index contributed by atoms with van der Waals surface area (Å²) in [4.78, 5) is 10.8. The number of rotatable bonds is 6. The number of hydrogen-bond donors (Lipinski definition) is 2. The van der Waals surface area contributed by atoms with Crippen molar-refractivity contribution in [3.05, 3.63) is 48.2 Å². The lowest BCUT2D eigenvalue weighted by Crippen LogP contribution is -2.42. The van der Waals surface area contributed by atoms with Gasteiger partial charge in [0.15, 0.2) is 0 Å². The Morgan fingerprint density at radius 1 is 1.12 bits per heavy atom. The normalized spacial score (nSPS) is 17.0. The summed E-state index contributed by atoms with van der Waals surface area (Å²) in [5, 5.41) is 9.97. The zero-order valence-electron chi connectivity index (χ0n) is 14.1. The monoisotopic (exact) mass is 326 g/mol. The van der Waals surface area contributed by atoms with Gasteiger partial charge in [-0.3, -0.25) is 0 Å². The molecule has 3 N–H and O–H groups in total. The number of aryl methyl sites for hydroxylation is 1. The molecule has 3 rings (SSSR count). The van der Waals surface area contributed by atoms with Gasteiger partial charge in [-0.25, -0.2) is 4.98 Å². The van der Waals surface area contributed by atoms with Crippen molar-refractivity contribution >= 4 is 11.8 Å². The van der Waals surface area contributed by atoms with Crippen LogP contribution in [0.15, 0.2) is 42.6 Å². The van der Waals surface area contributed by atoms with Gasteiger partial charge in [-0.05, 0) is 49.1 Å². The topological polar surface area (TPSA) is 75.3 Å². The molecular formula is C19H26N4O. The number of aliphatic hydroxyl groups is 1. The van der Waals surface area contributed by atoms with Gasteiger partial charge in [0.2, 0.25) is 5.95 Å². The highest BCUT2D eigenvalue weighted by molar-refractivity contribution is 5.38. The number of benzene rings is 1. The van der Waals surface area contributed by atoms with E-state index in [9.17, 15) is 5.11 Å². The zero-order chi connectivity index (χ0) is 16.8. The second kappa shape index (κ2) is 7.62. The lowest BCUT2D eigenvalue weighted by molar-refractivity contribution is 0.0847. The summed E-state index contributed by atoms with van der Waals surface area (Å²) in [5.74, 6) is 1.20. The molecule has 0 amide bonds. The van der Waals surface area contributed by atoms with Crippen LogP contribution < -0.4 is 10.6 Å². The minimum atomic E-state index is 0.0333. The molecule has 1 fully saturated rings. The molecule has 24 heavy (non-hydrogen) atoms. The van der Waals surface area contributed by atoms with Crippen molar-refractivity contribution in [3.63, 3.8) is 0 Å². The molecule has 0 radical (unpaired) electrons. The summed E-state index contributed by atoms with van der Waals surface area (Å²) in [6.45, 7) is 2.00. The summed E-state index contributed by atoms with van der Waals surface area (Å²) in [7, 11) is 0. The van der Waals surface area contributed by atoms with Crippen molar-refractivity contribution in [1.82, 2.24) is 9.97 Å². The molecule has 5 nitrogen and oxygen atoms in total. The van der Waals surface area contributed by atoms with Crippen LogP contribution in [0.5, 0.6) is 0 Å². The Hall–Kier alpha value is -2.14. The molecule has 2 heterocycles. The standard InChI is InChI=1S/C19H26N4O/c20-17-8-12-21-18(22-17)23-13-10-19(15-24,11-14-23)9-4-7-16-5-2-1-3-6-16/h1-3,5-6,8,12,24H,4,7,9-11,13-15H2,(H2,20,21,22). The van der Waals surface area contributed by atoms with E-state index in [2.05, 4.69) is 39.1 Å². The number of aliphatic hydroxyl groups excluding tert-OH is 1. The van der Waals surface area contributed by atoms with Gasteiger partial charge in [-0.15, -0.1) is 0 Å². The minimum absolute atomic E-state index is 0.0333. The number of hydrogen-bond acceptors (Lipinski definition) is 5. The number of nitrogens with two attached hydrogens (primary N) is 1. The minimum Gasteiger partial charge on any atom is -0.396 e. The maximum absolute atomic E-state index is 9.97. The summed E-state index contributed by atoms with van der Waals surface area (Å²) >= 11 is 0. The first kappa shape index (κ1) is 16.7. The SMILES string of the molecule is Nc1ccnc(N2CCC(CO)(CCCc3ccccc3)CC2)n1. The third kappa shape index (κ3) is 4.03. The average Bonchev–Trinajstić information content (AvgIpc) is 2.63. The van der Waals surface area contributed by atoms with Gasteiger partial charge < -0.3 is 15.7 Å². The van der Waals surface area contributed by atoms with E-state index in [-0.39, 0.29) is 12.0 Å². The molecule has 0 bridgehead atoms. The predicted molar refractivity (Wildman–Crippen MR) is 96.8 cm³/mol. The van der Waals surface area contributed by atoms with E-state index in [1.165, 1.54) is 5.56 Å². The number of piperidine rings is 1. The van der Waals surface area contributed by atoms with Crippen LogP contribution in [-0.2, 0) is 6.42 Å². The van der Waals surface area contributed by atoms with Crippen molar-refractivity contribution in [2.45, 2.75) is 32.1 Å². The summed E-state index contributed by atoms with van der Waals surface area (Å²) in [5.41, 5.74) is 7.15. The Morgan fingerprint density at radius 2 is 1.88 bits per heavy atom. The third-order valence-electron chi connectivity index (χ3n) is 5.12. The highest BCUT2D eigenvalue weighted by atomic mass is 16.3. The fourth-order valence-electron chi connectivity index (χ4n) is 3.49. The van der Waals surface area contributed by atoms with Gasteiger partial charge in [0.1, 0.15) is 5.82 Å². The largest absolute Gasteiger partial charge is 0.396 e. The van der Waals surface area contributed by atoms with E-state index in [1.807, 2.05) is 6.07 Å². The van der Waals surface area contributed by atoms with Gasteiger partial charge in [-0.1, -0.05) is 30.3 Å². The van der Waals surface area contributed by atoms with E-state index >= 15 is 0 Å². The first-order valence-corrected chi connectivity index (χ1v) is 8.69. The molecule has 0 unspecified atom stereocenters.